The molecule has 2 aliphatic rings. The van der Waals surface area contributed by atoms with Crippen molar-refractivity contribution in [1.29, 1.82) is 0 Å². The van der Waals surface area contributed by atoms with Crippen molar-refractivity contribution in [3.63, 3.8) is 0 Å². The van der Waals surface area contributed by atoms with E-state index in [-0.39, 0.29) is 18.1 Å². The average Bonchev–Trinajstić information content (AvgIpc) is 2.53. The normalized spacial score (nSPS) is 49.2. The number of ether oxygens (including phenoxy) is 2. The summed E-state index contributed by atoms with van der Waals surface area (Å²) in [6.45, 7) is 0.676. The first kappa shape index (κ1) is 7.21. The maximum atomic E-state index is 10.4. The molecule has 0 bridgehead atoms. The summed E-state index contributed by atoms with van der Waals surface area (Å²) in [6.07, 6.45) is -0.194. The van der Waals surface area contributed by atoms with E-state index in [1.54, 1.807) is 0 Å². The van der Waals surface area contributed by atoms with Gasteiger partial charge < -0.3 is 19.4 Å². The monoisotopic (exact) mass is 158 g/mol. The zero-order valence-corrected chi connectivity index (χ0v) is 5.97. The molecule has 0 unspecified atom stereocenters. The van der Waals surface area contributed by atoms with E-state index in [0.29, 0.717) is 13.2 Å². The third-order valence-corrected chi connectivity index (χ3v) is 2.24. The molecule has 11 heavy (non-hydrogen) atoms. The number of aliphatic hydroxyl groups excluding tert-OH is 1. The molecule has 0 spiro atoms. The SMILES string of the molecule is O=C[C@H]1CO[C@H]2[C@@H]1OC[C@@H]2O. The molecule has 2 aliphatic heterocycles. The van der Waals surface area contributed by atoms with E-state index >= 15 is 0 Å². The molecule has 2 heterocycles. The second-order valence-corrected chi connectivity index (χ2v) is 2.96. The fraction of sp³-hybridized carbons (Fsp3) is 0.857. The fourth-order valence-electron chi connectivity index (χ4n) is 1.63. The van der Waals surface area contributed by atoms with Crippen LogP contribution in [0.3, 0.4) is 0 Å². The second kappa shape index (κ2) is 2.55. The maximum Gasteiger partial charge on any atom is 0.128 e. The molecule has 0 aromatic carbocycles. The molecule has 2 fully saturated rings. The van der Waals surface area contributed by atoms with E-state index in [1.165, 1.54) is 0 Å². The molecule has 0 aliphatic carbocycles. The Bertz CT molecular complexity index is 170. The Morgan fingerprint density at radius 3 is 2.73 bits per heavy atom. The van der Waals surface area contributed by atoms with Crippen LogP contribution in [-0.4, -0.2) is 42.9 Å². The highest BCUT2D eigenvalue weighted by Crippen LogP contribution is 2.29. The van der Waals surface area contributed by atoms with Gasteiger partial charge in [-0.15, -0.1) is 0 Å². The Balaban J connectivity index is 2.10. The zero-order valence-electron chi connectivity index (χ0n) is 5.97. The predicted molar refractivity (Wildman–Crippen MR) is 35.0 cm³/mol. The highest BCUT2D eigenvalue weighted by molar-refractivity contribution is 5.55. The molecule has 0 amide bonds. The quantitative estimate of drug-likeness (QED) is 0.495. The summed E-state index contributed by atoms with van der Waals surface area (Å²) < 4.78 is 10.4. The summed E-state index contributed by atoms with van der Waals surface area (Å²) in [5.74, 6) is -0.183. The van der Waals surface area contributed by atoms with Crippen molar-refractivity contribution in [2.45, 2.75) is 18.3 Å². The number of carbonyl (C=O) groups is 1. The lowest BCUT2D eigenvalue weighted by atomic mass is 10.0. The lowest BCUT2D eigenvalue weighted by Crippen LogP contribution is -2.29. The molecule has 0 saturated carbocycles. The highest BCUT2D eigenvalue weighted by atomic mass is 16.6. The van der Waals surface area contributed by atoms with Crippen molar-refractivity contribution in [3.05, 3.63) is 0 Å². The lowest BCUT2D eigenvalue weighted by Gasteiger charge is -2.09. The Morgan fingerprint density at radius 2 is 2.00 bits per heavy atom. The minimum Gasteiger partial charge on any atom is -0.388 e. The zero-order chi connectivity index (χ0) is 7.84. The van der Waals surface area contributed by atoms with Crippen LogP contribution in [0, 0.1) is 5.92 Å². The lowest BCUT2D eigenvalue weighted by molar-refractivity contribution is -0.113. The van der Waals surface area contributed by atoms with Gasteiger partial charge in [0, 0.05) is 0 Å². The maximum absolute atomic E-state index is 10.4. The summed E-state index contributed by atoms with van der Waals surface area (Å²) >= 11 is 0. The summed E-state index contributed by atoms with van der Waals surface area (Å²) in [7, 11) is 0. The van der Waals surface area contributed by atoms with Gasteiger partial charge in [-0.1, -0.05) is 0 Å². The molecule has 0 aromatic rings. The molecule has 4 nitrogen and oxygen atoms in total. The second-order valence-electron chi connectivity index (χ2n) is 2.96. The van der Waals surface area contributed by atoms with E-state index in [9.17, 15) is 9.90 Å². The molecular weight excluding hydrogens is 148 g/mol. The van der Waals surface area contributed by atoms with Crippen LogP contribution < -0.4 is 0 Å². The van der Waals surface area contributed by atoms with E-state index in [1.807, 2.05) is 0 Å². The Morgan fingerprint density at radius 1 is 1.27 bits per heavy atom. The van der Waals surface area contributed by atoms with E-state index in [0.717, 1.165) is 6.29 Å². The van der Waals surface area contributed by atoms with Crippen molar-refractivity contribution in [1.82, 2.24) is 0 Å². The van der Waals surface area contributed by atoms with Gasteiger partial charge in [-0.3, -0.25) is 0 Å². The summed E-state index contributed by atoms with van der Waals surface area (Å²) in [6, 6.07) is 0. The van der Waals surface area contributed by atoms with Crippen LogP contribution in [0.5, 0.6) is 0 Å². The van der Waals surface area contributed by atoms with Crippen LogP contribution in [0.25, 0.3) is 0 Å². The van der Waals surface area contributed by atoms with Gasteiger partial charge in [0.1, 0.15) is 18.5 Å². The van der Waals surface area contributed by atoms with Gasteiger partial charge in [-0.2, -0.15) is 0 Å². The highest BCUT2D eigenvalue weighted by Gasteiger charge is 2.46. The van der Waals surface area contributed by atoms with Crippen LogP contribution in [0.15, 0.2) is 0 Å². The van der Waals surface area contributed by atoms with Gasteiger partial charge in [0.05, 0.1) is 25.2 Å². The van der Waals surface area contributed by atoms with Gasteiger partial charge >= 0.3 is 0 Å². The standard InChI is InChI=1S/C7H10O4/c8-1-4-2-10-7-5(9)3-11-6(4)7/h1,4-7,9H,2-3H2/t4-,5-,6+,7+/m0/s1. The Labute approximate surface area is 64.1 Å². The van der Waals surface area contributed by atoms with Crippen molar-refractivity contribution in [2.24, 2.45) is 5.92 Å². The molecule has 1 N–H and O–H groups in total. The van der Waals surface area contributed by atoms with Gasteiger partial charge in [0.15, 0.2) is 0 Å². The third kappa shape index (κ3) is 0.982. The van der Waals surface area contributed by atoms with Crippen LogP contribution in [0.4, 0.5) is 0 Å². The number of hydrogen-bond acceptors (Lipinski definition) is 4. The van der Waals surface area contributed by atoms with Crippen molar-refractivity contribution in [3.8, 4) is 0 Å². The summed E-state index contributed by atoms with van der Waals surface area (Å²) in [5.41, 5.74) is 0. The van der Waals surface area contributed by atoms with Crippen LogP contribution in [0.1, 0.15) is 0 Å². The van der Waals surface area contributed by atoms with E-state index in [2.05, 4.69) is 0 Å². The Hall–Kier alpha value is -0.450. The molecule has 2 saturated heterocycles. The molecule has 2 rings (SSSR count). The van der Waals surface area contributed by atoms with Crippen molar-refractivity contribution < 1.29 is 19.4 Å². The predicted octanol–water partition coefficient (Wildman–Crippen LogP) is -1.04. The fourth-order valence-corrected chi connectivity index (χ4v) is 1.63. The summed E-state index contributed by atoms with van der Waals surface area (Å²) in [4.78, 5) is 10.4. The molecule has 62 valence electrons. The van der Waals surface area contributed by atoms with Crippen LogP contribution in [-0.2, 0) is 14.3 Å². The Kier molecular flexibility index (Phi) is 1.67. The smallest absolute Gasteiger partial charge is 0.128 e. The van der Waals surface area contributed by atoms with E-state index in [4.69, 9.17) is 9.47 Å². The minimum atomic E-state index is -0.551. The average molecular weight is 158 g/mol. The van der Waals surface area contributed by atoms with Crippen molar-refractivity contribution >= 4 is 6.29 Å². The number of aliphatic hydroxyl groups is 1. The van der Waals surface area contributed by atoms with Gasteiger partial charge in [0.25, 0.3) is 0 Å². The molecule has 0 radical (unpaired) electrons. The first-order valence-corrected chi connectivity index (χ1v) is 3.69. The molecule has 4 atom stereocenters. The first-order chi connectivity index (χ1) is 5.33. The van der Waals surface area contributed by atoms with E-state index < -0.39 is 6.10 Å². The van der Waals surface area contributed by atoms with Crippen LogP contribution in [0.2, 0.25) is 0 Å². The number of aldehydes is 1. The van der Waals surface area contributed by atoms with Gasteiger partial charge in [0.2, 0.25) is 0 Å². The van der Waals surface area contributed by atoms with Crippen LogP contribution >= 0.6 is 0 Å². The van der Waals surface area contributed by atoms with Crippen molar-refractivity contribution in [2.75, 3.05) is 13.2 Å². The number of carbonyl (C=O) groups excluding carboxylic acids is 1. The number of hydrogen-bond donors (Lipinski definition) is 1. The largest absolute Gasteiger partial charge is 0.388 e. The van der Waals surface area contributed by atoms with Gasteiger partial charge in [-0.05, 0) is 0 Å². The van der Waals surface area contributed by atoms with Gasteiger partial charge in [-0.25, -0.2) is 0 Å². The molecule has 0 aromatic heterocycles. The third-order valence-electron chi connectivity index (χ3n) is 2.24. The molecule has 4 heteroatoms. The topological polar surface area (TPSA) is 55.8 Å². The minimum absolute atomic E-state index is 0.183. The molecular formula is C7H10O4. The number of rotatable bonds is 1. The first-order valence-electron chi connectivity index (χ1n) is 3.69. The number of fused-ring (bicyclic) bond motifs is 1. The summed E-state index contributed by atoms with van der Waals surface area (Å²) in [5, 5.41) is 9.25.